The van der Waals surface area contributed by atoms with Crippen molar-refractivity contribution in [3.63, 3.8) is 0 Å². The number of ether oxygens (including phenoxy) is 1. The maximum absolute atomic E-state index is 13.0. The van der Waals surface area contributed by atoms with Crippen LogP contribution in [0.25, 0.3) is 0 Å². The van der Waals surface area contributed by atoms with E-state index < -0.39 is 47.4 Å². The van der Waals surface area contributed by atoms with Crippen LogP contribution in [0.1, 0.15) is 20.8 Å². The van der Waals surface area contributed by atoms with Gasteiger partial charge in [-0.25, -0.2) is 18.0 Å². The van der Waals surface area contributed by atoms with Crippen molar-refractivity contribution in [1.29, 1.82) is 0 Å². The Morgan fingerprint density at radius 2 is 1.46 bits per heavy atom. The van der Waals surface area contributed by atoms with Gasteiger partial charge in [-0.2, -0.15) is 13.5 Å². The van der Waals surface area contributed by atoms with Crippen LogP contribution in [0.3, 0.4) is 0 Å². The quantitative estimate of drug-likeness (QED) is 0.641. The van der Waals surface area contributed by atoms with E-state index >= 15 is 0 Å². The molecule has 1 aromatic carbocycles. The van der Waals surface area contributed by atoms with Crippen molar-refractivity contribution in [2.24, 2.45) is 0 Å². The number of carbonyl (C=O) groups excluding carboxylic acids is 2. The number of sulfone groups is 1. The van der Waals surface area contributed by atoms with Gasteiger partial charge in [-0.15, -0.1) is 0 Å². The summed E-state index contributed by atoms with van der Waals surface area (Å²) in [4.78, 5) is 32.2. The van der Waals surface area contributed by atoms with Crippen LogP contribution in [0.4, 0.5) is 9.59 Å². The molecule has 0 heterocycles. The van der Waals surface area contributed by atoms with Gasteiger partial charge in [-0.05, 0) is 37.4 Å². The second kappa shape index (κ2) is 8.32. The van der Waals surface area contributed by atoms with E-state index in [4.69, 9.17) is 4.74 Å². The highest BCUT2D eigenvalue weighted by atomic mass is 32.2. The van der Waals surface area contributed by atoms with Crippen molar-refractivity contribution < 1.29 is 40.8 Å². The predicted octanol–water partition coefficient (Wildman–Crippen LogP) is 1.56. The lowest BCUT2D eigenvalue weighted by Crippen LogP contribution is -2.44. The molecule has 1 aromatic rings. The van der Waals surface area contributed by atoms with E-state index in [1.807, 2.05) is 0 Å². The maximum atomic E-state index is 13.0. The van der Waals surface area contributed by atoms with E-state index in [1.54, 1.807) is 0 Å². The summed E-state index contributed by atoms with van der Waals surface area (Å²) in [6.45, 7) is 4.38. The molecule has 0 radical (unpaired) electrons. The summed E-state index contributed by atoms with van der Waals surface area (Å²) >= 11 is 0. The molecule has 0 unspecified atom stereocenters. The van der Waals surface area contributed by atoms with Crippen LogP contribution in [0, 0.1) is 0 Å². The zero-order valence-electron chi connectivity index (χ0n) is 16.2. The Bertz CT molecular complexity index is 950. The standard InChI is InChI=1S/C15H22N2O9S2/c1-15(2,3)25-14(19)17(26-13(18)16(4)24-5)28(22,23)12-10-8-7-9-11(12)27(6,20)21/h7-10H,1-6H3. The summed E-state index contributed by atoms with van der Waals surface area (Å²) in [6.07, 6.45) is -2.12. The summed E-state index contributed by atoms with van der Waals surface area (Å²) in [7, 11) is -6.76. The number of hydrogen-bond donors (Lipinski definition) is 0. The Morgan fingerprint density at radius 3 is 1.89 bits per heavy atom. The van der Waals surface area contributed by atoms with Gasteiger partial charge in [0.2, 0.25) is 0 Å². The zero-order chi connectivity index (χ0) is 21.9. The lowest BCUT2D eigenvalue weighted by Gasteiger charge is -2.26. The molecule has 0 spiro atoms. The van der Waals surface area contributed by atoms with Gasteiger partial charge in [0.25, 0.3) is 0 Å². The van der Waals surface area contributed by atoms with Crippen LogP contribution in [-0.4, -0.2) is 64.6 Å². The fraction of sp³-hybridized carbons (Fsp3) is 0.467. The summed E-state index contributed by atoms with van der Waals surface area (Å²) in [5.41, 5.74) is -1.14. The maximum Gasteiger partial charge on any atom is 0.459 e. The van der Waals surface area contributed by atoms with Crippen LogP contribution >= 0.6 is 0 Å². The molecule has 0 aromatic heterocycles. The van der Waals surface area contributed by atoms with Crippen LogP contribution < -0.4 is 0 Å². The van der Waals surface area contributed by atoms with Crippen LogP contribution in [-0.2, 0) is 34.3 Å². The van der Waals surface area contributed by atoms with Crippen molar-refractivity contribution in [3.8, 4) is 0 Å². The summed E-state index contributed by atoms with van der Waals surface area (Å²) in [5, 5.41) is 0.509. The summed E-state index contributed by atoms with van der Waals surface area (Å²) < 4.78 is 54.6. The third-order valence-electron chi connectivity index (χ3n) is 2.98. The fourth-order valence-corrected chi connectivity index (χ4v) is 4.42. The Kier molecular flexibility index (Phi) is 7.03. The molecule has 0 saturated carbocycles. The van der Waals surface area contributed by atoms with Crippen molar-refractivity contribution in [3.05, 3.63) is 24.3 Å². The van der Waals surface area contributed by atoms with Gasteiger partial charge in [0.1, 0.15) is 10.5 Å². The predicted molar refractivity (Wildman–Crippen MR) is 96.1 cm³/mol. The first-order valence-corrected chi connectivity index (χ1v) is 11.0. The van der Waals surface area contributed by atoms with Gasteiger partial charge in [0.05, 0.1) is 12.0 Å². The van der Waals surface area contributed by atoms with E-state index in [0.29, 0.717) is 5.06 Å². The number of hydrogen-bond acceptors (Lipinski definition) is 9. The van der Waals surface area contributed by atoms with Gasteiger partial charge in [0, 0.05) is 13.3 Å². The van der Waals surface area contributed by atoms with E-state index in [1.165, 1.54) is 32.9 Å². The Hall–Kier alpha value is -2.38. The summed E-state index contributed by atoms with van der Waals surface area (Å²) in [5.74, 6) is 0. The van der Waals surface area contributed by atoms with E-state index in [2.05, 4.69) is 9.68 Å². The highest BCUT2D eigenvalue weighted by Crippen LogP contribution is 2.26. The van der Waals surface area contributed by atoms with Crippen LogP contribution in [0.5, 0.6) is 0 Å². The van der Waals surface area contributed by atoms with Crippen molar-refractivity contribution in [1.82, 2.24) is 9.53 Å². The van der Waals surface area contributed by atoms with Crippen molar-refractivity contribution in [2.75, 3.05) is 20.4 Å². The number of benzene rings is 1. The van der Waals surface area contributed by atoms with E-state index in [0.717, 1.165) is 32.5 Å². The third-order valence-corrected chi connectivity index (χ3v) is 5.84. The molecule has 0 aliphatic heterocycles. The highest BCUT2D eigenvalue weighted by molar-refractivity contribution is 7.93. The third kappa shape index (κ3) is 5.81. The minimum absolute atomic E-state index is 0.319. The number of hydroxylamine groups is 3. The molecule has 0 saturated heterocycles. The largest absolute Gasteiger partial charge is 0.459 e. The SMILES string of the molecule is CON(C)C(=O)ON(C(=O)OC(C)(C)C)S(=O)(=O)c1ccccc1S(C)(=O)=O. The zero-order valence-corrected chi connectivity index (χ0v) is 17.8. The van der Waals surface area contributed by atoms with Crippen LogP contribution in [0.15, 0.2) is 34.1 Å². The Morgan fingerprint density at radius 1 is 0.964 bits per heavy atom. The van der Waals surface area contributed by atoms with Crippen LogP contribution in [0.2, 0.25) is 0 Å². The van der Waals surface area contributed by atoms with E-state index in [9.17, 15) is 26.4 Å². The summed E-state index contributed by atoms with van der Waals surface area (Å²) in [6, 6.07) is 4.55. The average Bonchev–Trinajstić information content (AvgIpc) is 2.56. The first-order chi connectivity index (χ1) is 12.6. The van der Waals surface area contributed by atoms with Gasteiger partial charge >= 0.3 is 22.2 Å². The molecule has 0 aliphatic carbocycles. The number of carbonyl (C=O) groups is 2. The molecule has 158 valence electrons. The topological polar surface area (TPSA) is 137 Å². The van der Waals surface area contributed by atoms with Crippen molar-refractivity contribution in [2.45, 2.75) is 36.2 Å². The molecule has 0 N–H and O–H groups in total. The minimum Gasteiger partial charge on any atom is -0.441 e. The lowest BCUT2D eigenvalue weighted by molar-refractivity contribution is -0.126. The molecule has 2 amide bonds. The molecular weight excluding hydrogens is 416 g/mol. The Balaban J connectivity index is 3.56. The Labute approximate surface area is 163 Å². The molecule has 1 rings (SSSR count). The fourth-order valence-electron chi connectivity index (χ4n) is 1.75. The normalized spacial score (nSPS) is 12.2. The van der Waals surface area contributed by atoms with Crippen molar-refractivity contribution >= 4 is 32.0 Å². The number of amides is 2. The van der Waals surface area contributed by atoms with Gasteiger partial charge in [-0.1, -0.05) is 12.1 Å². The highest BCUT2D eigenvalue weighted by Gasteiger charge is 2.40. The molecule has 0 bridgehead atoms. The molecule has 11 nitrogen and oxygen atoms in total. The second-order valence-electron chi connectivity index (χ2n) is 6.47. The number of rotatable bonds is 4. The molecule has 13 heteroatoms. The molecule has 0 atom stereocenters. The first kappa shape index (κ1) is 23.7. The lowest BCUT2D eigenvalue weighted by atomic mass is 10.2. The molecular formula is C15H22N2O9S2. The number of sulfonamides is 1. The monoisotopic (exact) mass is 438 g/mol. The smallest absolute Gasteiger partial charge is 0.441 e. The molecule has 0 fully saturated rings. The van der Waals surface area contributed by atoms with Gasteiger partial charge in [0.15, 0.2) is 9.84 Å². The molecule has 28 heavy (non-hydrogen) atoms. The minimum atomic E-state index is -4.97. The van der Waals surface area contributed by atoms with Gasteiger partial charge in [-0.3, -0.25) is 9.68 Å². The molecule has 0 aliphatic rings. The van der Waals surface area contributed by atoms with Gasteiger partial charge < -0.3 is 4.74 Å². The van der Waals surface area contributed by atoms with E-state index in [-0.39, 0.29) is 4.47 Å². The first-order valence-electron chi connectivity index (χ1n) is 7.68. The second-order valence-corrected chi connectivity index (χ2v) is 10.2. The average molecular weight is 438 g/mol. The number of nitrogens with zero attached hydrogens (tertiary/aromatic N) is 2.